The van der Waals surface area contributed by atoms with Gasteiger partial charge in [-0.25, -0.2) is 9.98 Å². The Labute approximate surface area is 138 Å². The summed E-state index contributed by atoms with van der Waals surface area (Å²) >= 11 is 0. The standard InChI is InChI=1S/C17H19N5O2/c23-16-15(8-12-1-2-13-14(7-12)20-10-19-13)21-17(22-16)18-9-11-3-5-24-6-4-11/h1-2,7-8,10-11,23H,3-6,9H2,(H2,18,21,22). The molecule has 0 spiro atoms. The van der Waals surface area contributed by atoms with E-state index in [1.807, 2.05) is 24.3 Å². The number of ether oxygens (including phenoxy) is 1. The summed E-state index contributed by atoms with van der Waals surface area (Å²) in [5.41, 5.74) is 1.41. The molecule has 1 aromatic carbocycles. The van der Waals surface area contributed by atoms with Crippen LogP contribution in [0.15, 0.2) is 28.2 Å². The number of aromatic nitrogens is 2. The minimum absolute atomic E-state index is 0.0156. The number of benzene rings is 1. The summed E-state index contributed by atoms with van der Waals surface area (Å²) in [5.74, 6) is 1.15. The fourth-order valence-electron chi connectivity index (χ4n) is 2.92. The van der Waals surface area contributed by atoms with E-state index in [-0.39, 0.29) is 5.88 Å². The Balaban J connectivity index is 1.50. The van der Waals surface area contributed by atoms with Gasteiger partial charge in [-0.1, -0.05) is 6.07 Å². The highest BCUT2D eigenvalue weighted by atomic mass is 16.5. The Bertz CT molecular complexity index is 881. The molecule has 0 radical (unpaired) electrons. The number of imidazole rings is 1. The number of hydrogen-bond donors (Lipinski definition) is 3. The number of H-pyrrole nitrogens is 1. The van der Waals surface area contributed by atoms with Crippen molar-refractivity contribution in [3.63, 3.8) is 0 Å². The highest BCUT2D eigenvalue weighted by Gasteiger charge is 2.14. The van der Waals surface area contributed by atoms with Gasteiger partial charge in [-0.15, -0.1) is 0 Å². The molecule has 0 aliphatic carbocycles. The maximum atomic E-state index is 10.0. The molecule has 1 fully saturated rings. The zero-order chi connectivity index (χ0) is 16.4. The van der Waals surface area contributed by atoms with Crippen LogP contribution in [0.1, 0.15) is 18.5 Å². The van der Waals surface area contributed by atoms with Gasteiger partial charge in [-0.2, -0.15) is 4.98 Å². The number of aliphatic imine (C=N–C) groups is 1. The normalized spacial score (nSPS) is 17.8. The molecule has 7 nitrogen and oxygen atoms in total. The quantitative estimate of drug-likeness (QED) is 0.784. The van der Waals surface area contributed by atoms with E-state index >= 15 is 0 Å². The molecule has 1 aromatic heterocycles. The molecule has 124 valence electrons. The van der Waals surface area contributed by atoms with E-state index in [2.05, 4.69) is 25.3 Å². The Hall–Kier alpha value is -2.67. The van der Waals surface area contributed by atoms with Crippen molar-refractivity contribution in [1.82, 2.24) is 9.97 Å². The Morgan fingerprint density at radius 3 is 3.08 bits per heavy atom. The average Bonchev–Trinajstić information content (AvgIpc) is 3.20. The lowest BCUT2D eigenvalue weighted by molar-refractivity contribution is 0.0699. The third-order valence-corrected chi connectivity index (χ3v) is 4.31. The lowest BCUT2D eigenvalue weighted by atomic mass is 10.0. The second kappa shape index (κ2) is 6.45. The lowest BCUT2D eigenvalue weighted by Gasteiger charge is -2.21. The zero-order valence-electron chi connectivity index (χ0n) is 13.2. The van der Waals surface area contributed by atoms with Gasteiger partial charge in [-0.05, 0) is 42.2 Å². The first kappa shape index (κ1) is 14.9. The lowest BCUT2D eigenvalue weighted by Crippen LogP contribution is -2.22. The van der Waals surface area contributed by atoms with E-state index in [9.17, 15) is 5.11 Å². The summed E-state index contributed by atoms with van der Waals surface area (Å²) < 4.78 is 5.36. The van der Waals surface area contributed by atoms with Crippen LogP contribution in [-0.4, -0.2) is 41.2 Å². The number of hydrogen-bond acceptors (Lipinski definition) is 6. The molecule has 2 aliphatic heterocycles. The minimum Gasteiger partial charge on any atom is -0.492 e. The van der Waals surface area contributed by atoms with E-state index in [0.717, 1.165) is 48.9 Å². The fraction of sp³-hybridized carbons (Fsp3) is 0.353. The molecule has 0 unspecified atom stereocenters. The smallest absolute Gasteiger partial charge is 0.238 e. The van der Waals surface area contributed by atoms with Gasteiger partial charge in [0.1, 0.15) is 12.0 Å². The minimum atomic E-state index is -0.0156. The van der Waals surface area contributed by atoms with Crippen LogP contribution >= 0.6 is 0 Å². The predicted molar refractivity (Wildman–Crippen MR) is 91.2 cm³/mol. The molecule has 0 bridgehead atoms. The number of nitrogens with one attached hydrogen (secondary N) is 2. The van der Waals surface area contributed by atoms with Crippen molar-refractivity contribution in [1.29, 1.82) is 0 Å². The maximum Gasteiger partial charge on any atom is 0.238 e. The highest BCUT2D eigenvalue weighted by molar-refractivity contribution is 5.67. The van der Waals surface area contributed by atoms with Gasteiger partial charge >= 0.3 is 0 Å². The Morgan fingerprint density at radius 1 is 1.33 bits per heavy atom. The average molecular weight is 325 g/mol. The third kappa shape index (κ3) is 3.16. The highest BCUT2D eigenvalue weighted by Crippen LogP contribution is 2.19. The van der Waals surface area contributed by atoms with Crippen LogP contribution in [0.25, 0.3) is 6.08 Å². The van der Waals surface area contributed by atoms with Crippen molar-refractivity contribution in [2.45, 2.75) is 12.8 Å². The summed E-state index contributed by atoms with van der Waals surface area (Å²) in [6.45, 7) is 2.47. The molecule has 0 amide bonds. The van der Waals surface area contributed by atoms with Crippen molar-refractivity contribution in [3.05, 3.63) is 34.5 Å². The number of aromatic amines is 1. The van der Waals surface area contributed by atoms with Gasteiger partial charge in [0.05, 0.1) is 11.0 Å². The maximum absolute atomic E-state index is 10.0. The van der Waals surface area contributed by atoms with Gasteiger partial charge in [0.25, 0.3) is 0 Å². The molecule has 2 aromatic rings. The zero-order valence-corrected chi connectivity index (χ0v) is 13.2. The summed E-state index contributed by atoms with van der Waals surface area (Å²) in [6, 6.07) is 5.77. The van der Waals surface area contributed by atoms with Crippen LogP contribution < -0.4 is 15.9 Å². The molecule has 1 saturated heterocycles. The molecule has 2 aliphatic rings. The number of nitrogens with zero attached hydrogens (tertiary/aromatic N) is 3. The van der Waals surface area contributed by atoms with Crippen LogP contribution in [0.5, 0.6) is 5.88 Å². The second-order valence-corrected chi connectivity index (χ2v) is 6.03. The first-order chi connectivity index (χ1) is 11.8. The molecular formula is C17H19N5O2. The topological polar surface area (TPSA) is 94.9 Å². The van der Waals surface area contributed by atoms with Crippen molar-refractivity contribution in [3.8, 4) is 5.88 Å². The first-order valence-corrected chi connectivity index (χ1v) is 8.11. The van der Waals surface area contributed by atoms with Crippen molar-refractivity contribution in [2.24, 2.45) is 15.9 Å². The van der Waals surface area contributed by atoms with Crippen molar-refractivity contribution >= 4 is 24.1 Å². The van der Waals surface area contributed by atoms with Gasteiger partial charge in [0.2, 0.25) is 11.8 Å². The molecule has 7 heteroatoms. The summed E-state index contributed by atoms with van der Waals surface area (Å²) in [6.07, 6.45) is 5.50. The molecule has 0 saturated carbocycles. The van der Waals surface area contributed by atoms with Crippen LogP contribution in [0, 0.1) is 5.92 Å². The summed E-state index contributed by atoms with van der Waals surface area (Å²) in [4.78, 5) is 15.6. The number of anilines is 1. The second-order valence-electron chi connectivity index (χ2n) is 6.03. The van der Waals surface area contributed by atoms with Crippen molar-refractivity contribution in [2.75, 3.05) is 25.1 Å². The number of aromatic hydroxyl groups is 1. The van der Waals surface area contributed by atoms with E-state index in [4.69, 9.17) is 4.74 Å². The van der Waals surface area contributed by atoms with E-state index < -0.39 is 0 Å². The first-order valence-electron chi connectivity index (χ1n) is 8.11. The molecular weight excluding hydrogens is 306 g/mol. The van der Waals surface area contributed by atoms with Gasteiger partial charge in [-0.3, -0.25) is 0 Å². The number of rotatable bonds is 4. The van der Waals surface area contributed by atoms with Crippen LogP contribution in [0.3, 0.4) is 0 Å². The van der Waals surface area contributed by atoms with Gasteiger partial charge in [0.15, 0.2) is 0 Å². The van der Waals surface area contributed by atoms with Crippen LogP contribution in [0.4, 0.5) is 11.6 Å². The van der Waals surface area contributed by atoms with E-state index in [1.165, 1.54) is 0 Å². The van der Waals surface area contributed by atoms with Crippen LogP contribution in [-0.2, 0) is 4.74 Å². The van der Waals surface area contributed by atoms with Gasteiger partial charge in [0, 0.05) is 19.8 Å². The SMILES string of the molecule is Oc1nc(NCC2CCOCC2)[nH]c1C=c1ccc2c(c1)N=CN=2. The Morgan fingerprint density at radius 2 is 2.21 bits per heavy atom. The monoisotopic (exact) mass is 325 g/mol. The predicted octanol–water partition coefficient (Wildman–Crippen LogP) is 1.08. The fourth-order valence-corrected chi connectivity index (χ4v) is 2.92. The summed E-state index contributed by atoms with van der Waals surface area (Å²) in [5, 5.41) is 15.1. The number of fused-ring (bicyclic) bond motifs is 1. The molecule has 3 heterocycles. The Kier molecular flexibility index (Phi) is 4.00. The molecule has 24 heavy (non-hydrogen) atoms. The molecule has 0 atom stereocenters. The largest absolute Gasteiger partial charge is 0.492 e. The summed E-state index contributed by atoms with van der Waals surface area (Å²) in [7, 11) is 0. The molecule has 4 rings (SSSR count). The van der Waals surface area contributed by atoms with E-state index in [1.54, 1.807) is 6.34 Å². The van der Waals surface area contributed by atoms with Crippen LogP contribution in [0.2, 0.25) is 0 Å². The van der Waals surface area contributed by atoms with Crippen molar-refractivity contribution < 1.29 is 9.84 Å². The van der Waals surface area contributed by atoms with E-state index in [0.29, 0.717) is 17.6 Å². The van der Waals surface area contributed by atoms with Gasteiger partial charge < -0.3 is 20.1 Å². The third-order valence-electron chi connectivity index (χ3n) is 4.31. The molecule has 3 N–H and O–H groups in total.